The van der Waals surface area contributed by atoms with E-state index in [1.54, 1.807) is 6.92 Å². The Hall–Kier alpha value is -1.96. The number of imide groups is 1. The quantitative estimate of drug-likeness (QED) is 0.753. The largest absolute Gasteiger partial charge is 0.481 e. The SMILES string of the molecule is Cc1csc(C(C)NC(=O)NC(=O)CCC(=O)O)n1. The molecule has 0 aliphatic heterocycles. The first-order chi connectivity index (χ1) is 8.88. The molecule has 3 amide bonds. The molecule has 0 aliphatic rings. The lowest BCUT2D eigenvalue weighted by atomic mass is 10.3. The van der Waals surface area contributed by atoms with E-state index in [-0.39, 0.29) is 18.9 Å². The maximum absolute atomic E-state index is 11.5. The van der Waals surface area contributed by atoms with Crippen LogP contribution in [-0.2, 0) is 9.59 Å². The van der Waals surface area contributed by atoms with Crippen molar-refractivity contribution >= 4 is 29.2 Å². The van der Waals surface area contributed by atoms with Crippen LogP contribution in [0.5, 0.6) is 0 Å². The molecule has 0 aliphatic carbocycles. The molecule has 19 heavy (non-hydrogen) atoms. The number of hydrogen-bond acceptors (Lipinski definition) is 5. The van der Waals surface area contributed by atoms with E-state index >= 15 is 0 Å². The predicted molar refractivity (Wildman–Crippen MR) is 68.8 cm³/mol. The number of urea groups is 1. The van der Waals surface area contributed by atoms with Gasteiger partial charge in [-0.25, -0.2) is 9.78 Å². The summed E-state index contributed by atoms with van der Waals surface area (Å²) < 4.78 is 0. The van der Waals surface area contributed by atoms with Crippen LogP contribution in [0.4, 0.5) is 4.79 Å². The van der Waals surface area contributed by atoms with Crippen molar-refractivity contribution in [3.63, 3.8) is 0 Å². The normalized spacial score (nSPS) is 11.7. The lowest BCUT2D eigenvalue weighted by Crippen LogP contribution is -2.40. The van der Waals surface area contributed by atoms with Crippen molar-refractivity contribution in [1.29, 1.82) is 0 Å². The fourth-order valence-electron chi connectivity index (χ4n) is 1.28. The summed E-state index contributed by atoms with van der Waals surface area (Å²) >= 11 is 1.42. The summed E-state index contributed by atoms with van der Waals surface area (Å²) in [5.41, 5.74) is 0.867. The van der Waals surface area contributed by atoms with E-state index in [0.29, 0.717) is 0 Å². The Morgan fingerprint density at radius 3 is 2.63 bits per heavy atom. The summed E-state index contributed by atoms with van der Waals surface area (Å²) in [5.74, 6) is -1.70. The van der Waals surface area contributed by atoms with Gasteiger partial charge in [0, 0.05) is 17.5 Å². The molecule has 1 heterocycles. The third-order valence-electron chi connectivity index (χ3n) is 2.17. The van der Waals surface area contributed by atoms with Crippen LogP contribution in [0, 0.1) is 6.92 Å². The van der Waals surface area contributed by atoms with Crippen LogP contribution in [-0.4, -0.2) is 28.0 Å². The van der Waals surface area contributed by atoms with Crippen LogP contribution < -0.4 is 10.6 Å². The van der Waals surface area contributed by atoms with E-state index in [0.717, 1.165) is 10.7 Å². The van der Waals surface area contributed by atoms with E-state index in [1.807, 2.05) is 12.3 Å². The second-order valence-electron chi connectivity index (χ2n) is 3.96. The van der Waals surface area contributed by atoms with Crippen LogP contribution >= 0.6 is 11.3 Å². The molecule has 7 nitrogen and oxygen atoms in total. The highest BCUT2D eigenvalue weighted by Gasteiger charge is 2.14. The summed E-state index contributed by atoms with van der Waals surface area (Å²) in [5, 5.41) is 15.6. The summed E-state index contributed by atoms with van der Waals surface area (Å²) in [6, 6.07) is -0.971. The number of nitrogens with one attached hydrogen (secondary N) is 2. The van der Waals surface area contributed by atoms with Crippen molar-refractivity contribution in [1.82, 2.24) is 15.6 Å². The fourth-order valence-corrected chi connectivity index (χ4v) is 2.08. The Kier molecular flexibility index (Phi) is 5.43. The number of carboxylic acids is 1. The predicted octanol–water partition coefficient (Wildman–Crippen LogP) is 1.20. The van der Waals surface area contributed by atoms with Crippen LogP contribution in [0.25, 0.3) is 0 Å². The molecule has 8 heteroatoms. The van der Waals surface area contributed by atoms with Crippen LogP contribution in [0.1, 0.15) is 36.5 Å². The fraction of sp³-hybridized carbons (Fsp3) is 0.455. The van der Waals surface area contributed by atoms with Crippen molar-refractivity contribution < 1.29 is 19.5 Å². The summed E-state index contributed by atoms with van der Waals surface area (Å²) in [6.45, 7) is 3.60. The highest BCUT2D eigenvalue weighted by Crippen LogP contribution is 2.16. The molecular formula is C11H15N3O4S. The highest BCUT2D eigenvalue weighted by molar-refractivity contribution is 7.09. The monoisotopic (exact) mass is 285 g/mol. The molecule has 0 saturated heterocycles. The van der Waals surface area contributed by atoms with E-state index in [9.17, 15) is 14.4 Å². The standard InChI is InChI=1S/C11H15N3O4S/c1-6-5-19-10(12-6)7(2)13-11(18)14-8(15)3-4-9(16)17/h5,7H,3-4H2,1-2H3,(H,16,17)(H2,13,14,15,18). The number of carbonyl (C=O) groups excluding carboxylic acids is 2. The number of rotatable bonds is 5. The topological polar surface area (TPSA) is 108 Å². The molecule has 1 atom stereocenters. The summed E-state index contributed by atoms with van der Waals surface area (Å²) in [4.78, 5) is 37.2. The Labute approximate surface area is 114 Å². The van der Waals surface area contributed by atoms with Crippen LogP contribution in [0.2, 0.25) is 0 Å². The molecule has 0 bridgehead atoms. The molecule has 1 aromatic heterocycles. The summed E-state index contributed by atoms with van der Waals surface area (Å²) in [6.07, 6.45) is -0.534. The molecule has 1 rings (SSSR count). The average Bonchev–Trinajstić information content (AvgIpc) is 2.73. The minimum atomic E-state index is -1.08. The van der Waals surface area contributed by atoms with Gasteiger partial charge in [0.1, 0.15) is 5.01 Å². The van der Waals surface area contributed by atoms with Gasteiger partial charge in [0.05, 0.1) is 12.5 Å². The number of hydrogen-bond donors (Lipinski definition) is 3. The van der Waals surface area contributed by atoms with E-state index in [1.165, 1.54) is 11.3 Å². The molecule has 104 valence electrons. The van der Waals surface area contributed by atoms with Gasteiger partial charge in [-0.1, -0.05) is 0 Å². The lowest BCUT2D eigenvalue weighted by Gasteiger charge is -2.11. The smallest absolute Gasteiger partial charge is 0.321 e. The van der Waals surface area contributed by atoms with Crippen molar-refractivity contribution in [3.8, 4) is 0 Å². The second-order valence-corrected chi connectivity index (χ2v) is 4.85. The molecule has 0 spiro atoms. The molecule has 0 aromatic carbocycles. The van der Waals surface area contributed by atoms with Crippen molar-refractivity contribution in [3.05, 3.63) is 16.1 Å². The van der Waals surface area contributed by atoms with Gasteiger partial charge in [-0.15, -0.1) is 11.3 Å². The van der Waals surface area contributed by atoms with Crippen LogP contribution in [0.15, 0.2) is 5.38 Å². The number of aromatic nitrogens is 1. The van der Waals surface area contributed by atoms with Gasteiger partial charge in [-0.05, 0) is 13.8 Å². The number of carbonyl (C=O) groups is 3. The van der Waals surface area contributed by atoms with Gasteiger partial charge in [0.15, 0.2) is 0 Å². The van der Waals surface area contributed by atoms with Crippen LogP contribution in [0.3, 0.4) is 0 Å². The zero-order chi connectivity index (χ0) is 14.4. The first-order valence-electron chi connectivity index (χ1n) is 5.62. The average molecular weight is 285 g/mol. The molecule has 0 saturated carbocycles. The Bertz CT molecular complexity index is 486. The zero-order valence-corrected chi connectivity index (χ0v) is 11.4. The van der Waals surface area contributed by atoms with Gasteiger partial charge in [-0.3, -0.25) is 14.9 Å². The molecule has 1 aromatic rings. The van der Waals surface area contributed by atoms with E-state index in [4.69, 9.17) is 5.11 Å². The molecule has 0 radical (unpaired) electrons. The molecule has 3 N–H and O–H groups in total. The number of nitrogens with zero attached hydrogens (tertiary/aromatic N) is 1. The first-order valence-corrected chi connectivity index (χ1v) is 6.50. The lowest BCUT2D eigenvalue weighted by molar-refractivity contribution is -0.138. The third kappa shape index (κ3) is 5.47. The Balaban J connectivity index is 2.38. The molecule has 0 fully saturated rings. The Morgan fingerprint density at radius 2 is 2.11 bits per heavy atom. The van der Waals surface area contributed by atoms with Gasteiger partial charge in [0.25, 0.3) is 0 Å². The summed E-state index contributed by atoms with van der Waals surface area (Å²) in [7, 11) is 0. The van der Waals surface area contributed by atoms with E-state index in [2.05, 4.69) is 15.6 Å². The maximum atomic E-state index is 11.5. The number of carboxylic acid groups (broad SMARTS) is 1. The zero-order valence-electron chi connectivity index (χ0n) is 10.6. The molecule has 1 unspecified atom stereocenters. The van der Waals surface area contributed by atoms with Gasteiger partial charge in [0.2, 0.25) is 5.91 Å². The van der Waals surface area contributed by atoms with Crippen molar-refractivity contribution in [2.24, 2.45) is 0 Å². The number of amides is 3. The van der Waals surface area contributed by atoms with Gasteiger partial charge in [-0.2, -0.15) is 0 Å². The first kappa shape index (κ1) is 15.1. The minimum absolute atomic E-state index is 0.229. The number of aliphatic carboxylic acids is 1. The number of thiazole rings is 1. The maximum Gasteiger partial charge on any atom is 0.321 e. The van der Waals surface area contributed by atoms with Crippen molar-refractivity contribution in [2.75, 3.05) is 0 Å². The van der Waals surface area contributed by atoms with Crippen molar-refractivity contribution in [2.45, 2.75) is 32.7 Å². The second kappa shape index (κ2) is 6.83. The minimum Gasteiger partial charge on any atom is -0.481 e. The van der Waals surface area contributed by atoms with E-state index < -0.39 is 17.9 Å². The van der Waals surface area contributed by atoms with Gasteiger partial charge >= 0.3 is 12.0 Å². The third-order valence-corrected chi connectivity index (χ3v) is 3.32. The Morgan fingerprint density at radius 1 is 1.42 bits per heavy atom. The van der Waals surface area contributed by atoms with Gasteiger partial charge < -0.3 is 10.4 Å². The molecular weight excluding hydrogens is 270 g/mol. The number of aryl methyl sites for hydroxylation is 1. The highest BCUT2D eigenvalue weighted by atomic mass is 32.1.